The number of rotatable bonds is 4. The van der Waals surface area contributed by atoms with E-state index >= 15 is 0 Å². The number of anilines is 1. The predicted molar refractivity (Wildman–Crippen MR) is 85.5 cm³/mol. The summed E-state index contributed by atoms with van der Waals surface area (Å²) in [6.07, 6.45) is 1.78. The molecule has 6 heteroatoms. The van der Waals surface area contributed by atoms with Crippen molar-refractivity contribution in [2.45, 2.75) is 26.8 Å². The zero-order chi connectivity index (χ0) is 16.1. The van der Waals surface area contributed by atoms with Crippen molar-refractivity contribution in [2.24, 2.45) is 5.92 Å². The van der Waals surface area contributed by atoms with E-state index in [1.165, 1.54) is 6.92 Å². The molecule has 2 rings (SSSR count). The van der Waals surface area contributed by atoms with Crippen molar-refractivity contribution < 1.29 is 9.59 Å². The molecule has 0 bridgehead atoms. The molecule has 6 nitrogen and oxygen atoms in total. The van der Waals surface area contributed by atoms with E-state index in [4.69, 9.17) is 0 Å². The molecule has 1 N–H and O–H groups in total. The maximum Gasteiger partial charge on any atom is 0.245 e. The van der Waals surface area contributed by atoms with E-state index in [1.54, 1.807) is 6.20 Å². The minimum absolute atomic E-state index is 0.00544. The summed E-state index contributed by atoms with van der Waals surface area (Å²) in [5, 5.41) is 2.76. The molecular weight excluding hydrogens is 280 g/mol. The molecule has 1 fully saturated rings. The van der Waals surface area contributed by atoms with Crippen LogP contribution in [0.1, 0.15) is 20.8 Å². The summed E-state index contributed by atoms with van der Waals surface area (Å²) in [4.78, 5) is 32.2. The topological polar surface area (TPSA) is 65.5 Å². The third-order valence-electron chi connectivity index (χ3n) is 3.86. The summed E-state index contributed by atoms with van der Waals surface area (Å²) >= 11 is 0. The summed E-state index contributed by atoms with van der Waals surface area (Å²) in [5.41, 5.74) is 0. The Kier molecular flexibility index (Phi) is 5.35. The van der Waals surface area contributed by atoms with Crippen LogP contribution >= 0.6 is 0 Å². The second-order valence-corrected chi connectivity index (χ2v) is 5.92. The van der Waals surface area contributed by atoms with Gasteiger partial charge in [-0.3, -0.25) is 9.59 Å². The van der Waals surface area contributed by atoms with Crippen LogP contribution in [0.3, 0.4) is 0 Å². The monoisotopic (exact) mass is 304 g/mol. The van der Waals surface area contributed by atoms with Crippen molar-refractivity contribution in [1.29, 1.82) is 0 Å². The third-order valence-corrected chi connectivity index (χ3v) is 3.86. The molecule has 1 aromatic heterocycles. The highest BCUT2D eigenvalue weighted by atomic mass is 16.2. The maximum absolute atomic E-state index is 12.6. The molecule has 1 aromatic rings. The Hall–Kier alpha value is -2.11. The lowest BCUT2D eigenvalue weighted by Crippen LogP contribution is -2.56. The molecule has 2 heterocycles. The molecule has 1 aliphatic heterocycles. The van der Waals surface area contributed by atoms with Crippen molar-refractivity contribution >= 4 is 17.6 Å². The fourth-order valence-electron chi connectivity index (χ4n) is 2.63. The third kappa shape index (κ3) is 3.96. The Labute approximate surface area is 131 Å². The lowest BCUT2D eigenvalue weighted by molar-refractivity contribution is -0.137. The highest BCUT2D eigenvalue weighted by Crippen LogP contribution is 2.14. The highest BCUT2D eigenvalue weighted by molar-refractivity contribution is 5.87. The SMILES string of the molecule is CC(=O)N[C@@H](C(=O)N1CCN(c2ccccn2)CC1)C(C)C. The van der Waals surface area contributed by atoms with E-state index in [1.807, 2.05) is 36.9 Å². The molecule has 2 amide bonds. The maximum atomic E-state index is 12.6. The normalized spacial score (nSPS) is 16.5. The van der Waals surface area contributed by atoms with Gasteiger partial charge in [0.1, 0.15) is 11.9 Å². The van der Waals surface area contributed by atoms with Crippen LogP contribution in [0.25, 0.3) is 0 Å². The lowest BCUT2D eigenvalue weighted by atomic mass is 10.0. The second kappa shape index (κ2) is 7.24. The Balaban J connectivity index is 1.95. The Morgan fingerprint density at radius 2 is 1.86 bits per heavy atom. The van der Waals surface area contributed by atoms with Gasteiger partial charge < -0.3 is 15.1 Å². The van der Waals surface area contributed by atoms with E-state index < -0.39 is 6.04 Å². The van der Waals surface area contributed by atoms with E-state index in [9.17, 15) is 9.59 Å². The van der Waals surface area contributed by atoms with Gasteiger partial charge in [-0.05, 0) is 18.1 Å². The molecule has 0 spiro atoms. The number of carbonyl (C=O) groups is 2. The van der Waals surface area contributed by atoms with E-state index in [0.29, 0.717) is 13.1 Å². The van der Waals surface area contributed by atoms with E-state index in [-0.39, 0.29) is 17.7 Å². The summed E-state index contributed by atoms with van der Waals surface area (Å²) in [7, 11) is 0. The Morgan fingerprint density at radius 3 is 2.36 bits per heavy atom. The van der Waals surface area contributed by atoms with Gasteiger partial charge in [0.2, 0.25) is 11.8 Å². The van der Waals surface area contributed by atoms with Crippen molar-refractivity contribution in [3.63, 3.8) is 0 Å². The highest BCUT2D eigenvalue weighted by Gasteiger charge is 2.30. The zero-order valence-electron chi connectivity index (χ0n) is 13.5. The zero-order valence-corrected chi connectivity index (χ0v) is 13.5. The first kappa shape index (κ1) is 16.3. The second-order valence-electron chi connectivity index (χ2n) is 5.92. The van der Waals surface area contributed by atoms with Crippen LogP contribution < -0.4 is 10.2 Å². The molecule has 1 aliphatic rings. The number of hydrogen-bond acceptors (Lipinski definition) is 4. The van der Waals surface area contributed by atoms with Gasteiger partial charge in [0.15, 0.2) is 0 Å². The quantitative estimate of drug-likeness (QED) is 0.897. The number of nitrogens with one attached hydrogen (secondary N) is 1. The van der Waals surface area contributed by atoms with Crippen LogP contribution in [0.5, 0.6) is 0 Å². The van der Waals surface area contributed by atoms with Gasteiger partial charge in [-0.1, -0.05) is 19.9 Å². The molecule has 0 aromatic carbocycles. The summed E-state index contributed by atoms with van der Waals surface area (Å²) < 4.78 is 0. The molecule has 22 heavy (non-hydrogen) atoms. The average molecular weight is 304 g/mol. The van der Waals surface area contributed by atoms with Gasteiger partial charge >= 0.3 is 0 Å². The fourth-order valence-corrected chi connectivity index (χ4v) is 2.63. The number of pyridine rings is 1. The standard InChI is InChI=1S/C16H24N4O2/c1-12(2)15(18-13(3)21)16(22)20-10-8-19(9-11-20)14-6-4-5-7-17-14/h4-7,12,15H,8-11H2,1-3H3,(H,18,21)/t15-/m1/s1. The first-order valence-electron chi connectivity index (χ1n) is 7.71. The smallest absolute Gasteiger partial charge is 0.245 e. The van der Waals surface area contributed by atoms with Gasteiger partial charge in [-0.25, -0.2) is 4.98 Å². The van der Waals surface area contributed by atoms with E-state index in [0.717, 1.165) is 18.9 Å². The van der Waals surface area contributed by atoms with Crippen molar-refractivity contribution in [3.8, 4) is 0 Å². The molecule has 120 valence electrons. The van der Waals surface area contributed by atoms with E-state index in [2.05, 4.69) is 15.2 Å². The fraction of sp³-hybridized carbons (Fsp3) is 0.562. The number of aromatic nitrogens is 1. The average Bonchev–Trinajstić information content (AvgIpc) is 2.52. The lowest BCUT2D eigenvalue weighted by Gasteiger charge is -2.37. The summed E-state index contributed by atoms with van der Waals surface area (Å²) in [5.74, 6) is 0.854. The van der Waals surface area contributed by atoms with Gasteiger partial charge in [0, 0.05) is 39.3 Å². The molecule has 0 saturated carbocycles. The predicted octanol–water partition coefficient (Wildman–Crippen LogP) is 0.891. The number of amides is 2. The number of piperazine rings is 1. The van der Waals surface area contributed by atoms with Crippen molar-refractivity contribution in [1.82, 2.24) is 15.2 Å². The molecule has 0 unspecified atom stereocenters. The molecular formula is C16H24N4O2. The number of carbonyl (C=O) groups excluding carboxylic acids is 2. The summed E-state index contributed by atoms with van der Waals surface area (Å²) in [6, 6.07) is 5.39. The molecule has 1 atom stereocenters. The van der Waals surface area contributed by atoms with Gasteiger partial charge in [-0.15, -0.1) is 0 Å². The van der Waals surface area contributed by atoms with Crippen LogP contribution in [-0.2, 0) is 9.59 Å². The summed E-state index contributed by atoms with van der Waals surface area (Å²) in [6.45, 7) is 8.16. The first-order valence-corrected chi connectivity index (χ1v) is 7.71. The minimum atomic E-state index is -0.445. The minimum Gasteiger partial charge on any atom is -0.353 e. The van der Waals surface area contributed by atoms with Crippen molar-refractivity contribution in [2.75, 3.05) is 31.1 Å². The van der Waals surface area contributed by atoms with Crippen LogP contribution in [0.2, 0.25) is 0 Å². The van der Waals surface area contributed by atoms with Crippen LogP contribution in [-0.4, -0.2) is 53.9 Å². The van der Waals surface area contributed by atoms with Crippen LogP contribution in [0, 0.1) is 5.92 Å². The Morgan fingerprint density at radius 1 is 1.18 bits per heavy atom. The van der Waals surface area contributed by atoms with Gasteiger partial charge in [0.05, 0.1) is 0 Å². The van der Waals surface area contributed by atoms with Crippen molar-refractivity contribution in [3.05, 3.63) is 24.4 Å². The van der Waals surface area contributed by atoms with Gasteiger partial charge in [0.25, 0.3) is 0 Å². The number of nitrogens with zero attached hydrogens (tertiary/aromatic N) is 3. The van der Waals surface area contributed by atoms with Crippen LogP contribution in [0.4, 0.5) is 5.82 Å². The Bertz CT molecular complexity index is 510. The molecule has 0 radical (unpaired) electrons. The number of hydrogen-bond donors (Lipinski definition) is 1. The van der Waals surface area contributed by atoms with Gasteiger partial charge in [-0.2, -0.15) is 0 Å². The molecule has 1 saturated heterocycles. The van der Waals surface area contributed by atoms with Crippen LogP contribution in [0.15, 0.2) is 24.4 Å². The largest absolute Gasteiger partial charge is 0.353 e. The molecule has 0 aliphatic carbocycles. The first-order chi connectivity index (χ1) is 10.5.